The van der Waals surface area contributed by atoms with E-state index in [2.05, 4.69) is 91.0 Å². The molecule has 0 aliphatic carbocycles. The van der Waals surface area contributed by atoms with Crippen molar-refractivity contribution in [3.05, 3.63) is 127 Å². The molecule has 1 heterocycles. The molecule has 0 radical (unpaired) electrons. The van der Waals surface area contributed by atoms with E-state index in [1.54, 1.807) is 23.5 Å². The number of thiazole rings is 1. The summed E-state index contributed by atoms with van der Waals surface area (Å²) in [5.74, 6) is -0.216. The molecule has 0 bridgehead atoms. The number of para-hydroxylation sites is 1. The van der Waals surface area contributed by atoms with Gasteiger partial charge < -0.3 is 0 Å². The van der Waals surface area contributed by atoms with Gasteiger partial charge in [-0.25, -0.2) is 9.37 Å². The molecular weight excluding hydrogens is 437 g/mol. The van der Waals surface area contributed by atoms with Gasteiger partial charge in [0.25, 0.3) is 0 Å². The summed E-state index contributed by atoms with van der Waals surface area (Å²) in [4.78, 5) is 4.76. The Bertz CT molecular complexity index is 1530. The van der Waals surface area contributed by atoms with Crippen molar-refractivity contribution in [3.8, 4) is 44.0 Å². The Morgan fingerprint density at radius 2 is 0.824 bits per heavy atom. The average Bonchev–Trinajstić information content (AvgIpc) is 3.34. The van der Waals surface area contributed by atoms with Crippen molar-refractivity contribution in [1.82, 2.24) is 4.98 Å². The van der Waals surface area contributed by atoms with Crippen molar-refractivity contribution < 1.29 is 4.39 Å². The Kier molecular flexibility index (Phi) is 5.25. The van der Waals surface area contributed by atoms with Crippen molar-refractivity contribution in [1.29, 1.82) is 0 Å². The van der Waals surface area contributed by atoms with E-state index in [0.29, 0.717) is 0 Å². The highest BCUT2D eigenvalue weighted by atomic mass is 32.1. The number of aromatic nitrogens is 1. The second-order valence-electron chi connectivity index (χ2n) is 8.23. The minimum Gasteiger partial charge on any atom is -0.236 e. The molecule has 0 saturated carbocycles. The summed E-state index contributed by atoms with van der Waals surface area (Å²) in [5, 5.41) is 1.05. The van der Waals surface area contributed by atoms with Crippen LogP contribution in [0, 0.1) is 5.82 Å². The highest BCUT2D eigenvalue weighted by Crippen LogP contribution is 2.32. The van der Waals surface area contributed by atoms with E-state index in [1.165, 1.54) is 33.5 Å². The topological polar surface area (TPSA) is 12.9 Å². The molecule has 34 heavy (non-hydrogen) atoms. The number of nitrogens with zero attached hydrogens (tertiary/aromatic N) is 1. The second kappa shape index (κ2) is 8.69. The molecule has 0 unspecified atom stereocenters. The first kappa shape index (κ1) is 20.5. The Morgan fingerprint density at radius 1 is 0.441 bits per heavy atom. The number of rotatable bonds is 4. The molecule has 0 aliphatic rings. The predicted molar refractivity (Wildman–Crippen MR) is 141 cm³/mol. The maximum atomic E-state index is 13.2. The Balaban J connectivity index is 1.21. The Morgan fingerprint density at radius 3 is 1.26 bits per heavy atom. The van der Waals surface area contributed by atoms with E-state index < -0.39 is 0 Å². The highest BCUT2D eigenvalue weighted by molar-refractivity contribution is 7.21. The Hall–Kier alpha value is -4.08. The summed E-state index contributed by atoms with van der Waals surface area (Å²) in [5.41, 5.74) is 8.97. The molecule has 0 amide bonds. The summed E-state index contributed by atoms with van der Waals surface area (Å²) < 4.78 is 14.4. The van der Waals surface area contributed by atoms with Gasteiger partial charge in [0.05, 0.1) is 10.2 Å². The molecule has 162 valence electrons. The van der Waals surface area contributed by atoms with Crippen molar-refractivity contribution in [3.63, 3.8) is 0 Å². The van der Waals surface area contributed by atoms with Gasteiger partial charge in [-0.05, 0) is 57.6 Å². The lowest BCUT2D eigenvalue weighted by Gasteiger charge is -2.07. The van der Waals surface area contributed by atoms with Gasteiger partial charge in [0, 0.05) is 5.56 Å². The third-order valence-corrected chi connectivity index (χ3v) is 7.13. The fourth-order valence-electron chi connectivity index (χ4n) is 4.15. The first-order valence-electron chi connectivity index (χ1n) is 11.2. The van der Waals surface area contributed by atoms with Crippen molar-refractivity contribution in [2.45, 2.75) is 0 Å². The van der Waals surface area contributed by atoms with Crippen LogP contribution in [0.4, 0.5) is 4.39 Å². The van der Waals surface area contributed by atoms with Gasteiger partial charge in [0.15, 0.2) is 0 Å². The largest absolute Gasteiger partial charge is 0.236 e. The van der Waals surface area contributed by atoms with E-state index in [4.69, 9.17) is 4.98 Å². The fraction of sp³-hybridized carbons (Fsp3) is 0. The molecule has 1 aromatic heterocycles. The normalized spacial score (nSPS) is 11.1. The van der Waals surface area contributed by atoms with Crippen molar-refractivity contribution in [2.75, 3.05) is 0 Å². The van der Waals surface area contributed by atoms with Crippen LogP contribution in [0.5, 0.6) is 0 Å². The van der Waals surface area contributed by atoms with E-state index >= 15 is 0 Å². The quantitative estimate of drug-likeness (QED) is 0.257. The molecule has 0 fully saturated rings. The molecule has 0 atom stereocenters. The van der Waals surface area contributed by atoms with Crippen LogP contribution in [0.3, 0.4) is 0 Å². The molecular formula is C31H20FNS. The molecule has 6 aromatic rings. The van der Waals surface area contributed by atoms with Crippen LogP contribution in [0.15, 0.2) is 121 Å². The maximum Gasteiger partial charge on any atom is 0.124 e. The minimum absolute atomic E-state index is 0.216. The van der Waals surface area contributed by atoms with E-state index in [-0.39, 0.29) is 5.82 Å². The lowest BCUT2D eigenvalue weighted by atomic mass is 9.98. The van der Waals surface area contributed by atoms with Crippen LogP contribution in [-0.2, 0) is 0 Å². The molecule has 0 saturated heterocycles. The van der Waals surface area contributed by atoms with E-state index in [0.717, 1.165) is 32.8 Å². The Labute approximate surface area is 201 Å². The van der Waals surface area contributed by atoms with Gasteiger partial charge in [-0.2, -0.15) is 0 Å². The second-order valence-corrected chi connectivity index (χ2v) is 9.26. The van der Waals surface area contributed by atoms with Crippen LogP contribution in [0.2, 0.25) is 0 Å². The molecule has 5 aromatic carbocycles. The average molecular weight is 458 g/mol. The number of hydrogen-bond acceptors (Lipinski definition) is 2. The number of halogens is 1. The summed E-state index contributed by atoms with van der Waals surface area (Å²) in [6.45, 7) is 0. The third-order valence-electron chi connectivity index (χ3n) is 6.04. The molecule has 0 spiro atoms. The highest BCUT2D eigenvalue weighted by Gasteiger charge is 2.07. The predicted octanol–water partition coefficient (Wildman–Crippen LogP) is 9.10. The fourth-order valence-corrected chi connectivity index (χ4v) is 5.12. The lowest BCUT2D eigenvalue weighted by Crippen LogP contribution is -1.83. The minimum atomic E-state index is -0.216. The van der Waals surface area contributed by atoms with Crippen LogP contribution >= 0.6 is 11.3 Å². The standard InChI is InChI=1S/C31H20FNS/c32-28-19-17-26(18-20-28)24-11-9-22(10-12-24)21-5-7-23(8-6-21)25-13-15-27(16-14-25)31-33-29-3-1-2-4-30(29)34-31/h1-20H. The van der Waals surface area contributed by atoms with Gasteiger partial charge in [-0.1, -0.05) is 97.1 Å². The SMILES string of the molecule is Fc1ccc(-c2ccc(-c3ccc(-c4ccc(-c5nc6ccccc6s5)cc4)cc3)cc2)cc1. The summed E-state index contributed by atoms with van der Waals surface area (Å²) in [6, 6.07) is 40.5. The van der Waals surface area contributed by atoms with E-state index in [9.17, 15) is 4.39 Å². The molecule has 0 aliphatic heterocycles. The van der Waals surface area contributed by atoms with Crippen molar-refractivity contribution >= 4 is 21.6 Å². The van der Waals surface area contributed by atoms with Gasteiger partial charge >= 0.3 is 0 Å². The maximum absolute atomic E-state index is 13.2. The molecule has 6 rings (SSSR count). The van der Waals surface area contributed by atoms with Crippen molar-refractivity contribution in [2.24, 2.45) is 0 Å². The number of hydrogen-bond donors (Lipinski definition) is 0. The smallest absolute Gasteiger partial charge is 0.124 e. The third kappa shape index (κ3) is 4.02. The first-order valence-corrected chi connectivity index (χ1v) is 12.0. The monoisotopic (exact) mass is 457 g/mol. The number of fused-ring (bicyclic) bond motifs is 1. The summed E-state index contributed by atoms with van der Waals surface area (Å²) in [6.07, 6.45) is 0. The summed E-state index contributed by atoms with van der Waals surface area (Å²) in [7, 11) is 0. The first-order chi connectivity index (χ1) is 16.7. The molecule has 0 N–H and O–H groups in total. The van der Waals surface area contributed by atoms with Crippen LogP contribution < -0.4 is 0 Å². The zero-order chi connectivity index (χ0) is 22.9. The van der Waals surface area contributed by atoms with Crippen LogP contribution in [0.25, 0.3) is 54.2 Å². The zero-order valence-electron chi connectivity index (χ0n) is 18.3. The number of benzene rings is 5. The van der Waals surface area contributed by atoms with Gasteiger partial charge in [0.1, 0.15) is 10.8 Å². The lowest BCUT2D eigenvalue weighted by molar-refractivity contribution is 0.628. The summed E-state index contributed by atoms with van der Waals surface area (Å²) >= 11 is 1.72. The molecule has 1 nitrogen and oxygen atoms in total. The van der Waals surface area contributed by atoms with Crippen LogP contribution in [0.1, 0.15) is 0 Å². The van der Waals surface area contributed by atoms with Crippen LogP contribution in [-0.4, -0.2) is 4.98 Å². The molecule has 3 heteroatoms. The van der Waals surface area contributed by atoms with E-state index in [1.807, 2.05) is 6.07 Å². The van der Waals surface area contributed by atoms with Gasteiger partial charge in [-0.3, -0.25) is 0 Å². The van der Waals surface area contributed by atoms with Gasteiger partial charge in [0.2, 0.25) is 0 Å². The zero-order valence-corrected chi connectivity index (χ0v) is 19.1. The van der Waals surface area contributed by atoms with Gasteiger partial charge in [-0.15, -0.1) is 11.3 Å².